The average Bonchev–Trinajstić information content (AvgIpc) is 2.07. The van der Waals surface area contributed by atoms with Crippen molar-refractivity contribution in [2.75, 3.05) is 0 Å². The monoisotopic (exact) mass is 178 g/mol. The molecule has 4 nitrogen and oxygen atoms in total. The highest BCUT2D eigenvalue weighted by Crippen LogP contribution is 2.28. The van der Waals surface area contributed by atoms with E-state index < -0.39 is 5.63 Å². The first-order chi connectivity index (χ1) is 6.18. The molecule has 66 valence electrons. The maximum absolute atomic E-state index is 10.8. The van der Waals surface area contributed by atoms with Crippen LogP contribution in [0, 0.1) is 0 Å². The Labute approximate surface area is 72.7 Å². The Kier molecular flexibility index (Phi) is 1.48. The molecule has 0 unspecified atom stereocenters. The Balaban J connectivity index is 3.03. The molecular weight excluding hydrogens is 172 g/mol. The maximum Gasteiger partial charge on any atom is 0.340 e. The molecule has 0 bridgehead atoms. The summed E-state index contributed by atoms with van der Waals surface area (Å²) in [7, 11) is 0. The van der Waals surface area contributed by atoms with Gasteiger partial charge in [0.1, 0.15) is 5.75 Å². The first-order valence-electron chi connectivity index (χ1n) is 3.63. The van der Waals surface area contributed by atoms with Gasteiger partial charge in [0, 0.05) is 0 Å². The number of phenols is 1. The van der Waals surface area contributed by atoms with Crippen LogP contribution in [-0.4, -0.2) is 10.2 Å². The van der Waals surface area contributed by atoms with Gasteiger partial charge in [-0.05, 0) is 12.1 Å². The number of para-hydroxylation sites is 1. The molecule has 0 fully saturated rings. The number of hydrogen-bond acceptors (Lipinski definition) is 4. The molecule has 1 aromatic heterocycles. The van der Waals surface area contributed by atoms with Gasteiger partial charge in [0.15, 0.2) is 11.3 Å². The van der Waals surface area contributed by atoms with Gasteiger partial charge in [0.25, 0.3) is 0 Å². The molecule has 0 aliphatic rings. The van der Waals surface area contributed by atoms with E-state index in [1.807, 2.05) is 0 Å². The molecule has 0 radical (unpaired) electrons. The second-order valence-electron chi connectivity index (χ2n) is 2.60. The second kappa shape index (κ2) is 2.52. The van der Waals surface area contributed by atoms with Crippen LogP contribution in [-0.2, 0) is 0 Å². The van der Waals surface area contributed by atoms with Crippen LogP contribution in [0.2, 0.25) is 0 Å². The minimum absolute atomic E-state index is 0.00694. The lowest BCUT2D eigenvalue weighted by molar-refractivity contribution is 0.445. The van der Waals surface area contributed by atoms with E-state index >= 15 is 0 Å². The van der Waals surface area contributed by atoms with Crippen LogP contribution in [0.25, 0.3) is 11.0 Å². The lowest BCUT2D eigenvalue weighted by Crippen LogP contribution is -1.95. The molecule has 0 amide bonds. The van der Waals surface area contributed by atoms with Crippen LogP contribution in [0.4, 0.5) is 0 Å². The molecule has 2 N–H and O–H groups in total. The Hall–Kier alpha value is -1.97. The molecule has 0 saturated heterocycles. The molecule has 2 aromatic rings. The Morgan fingerprint density at radius 2 is 1.92 bits per heavy atom. The van der Waals surface area contributed by atoms with Crippen LogP contribution < -0.4 is 5.63 Å². The van der Waals surface area contributed by atoms with Gasteiger partial charge >= 0.3 is 5.63 Å². The summed E-state index contributed by atoms with van der Waals surface area (Å²) in [5.74, 6) is -0.354. The van der Waals surface area contributed by atoms with Crippen molar-refractivity contribution < 1.29 is 14.6 Å². The van der Waals surface area contributed by atoms with Gasteiger partial charge in [0.2, 0.25) is 0 Å². The topological polar surface area (TPSA) is 70.7 Å². The summed E-state index contributed by atoms with van der Waals surface area (Å²) >= 11 is 0. The van der Waals surface area contributed by atoms with Gasteiger partial charge in [-0.1, -0.05) is 6.07 Å². The minimum atomic E-state index is -0.688. The molecule has 0 spiro atoms. The fraction of sp³-hybridized carbons (Fsp3) is 0. The highest BCUT2D eigenvalue weighted by molar-refractivity contribution is 5.87. The van der Waals surface area contributed by atoms with E-state index in [2.05, 4.69) is 0 Å². The summed E-state index contributed by atoms with van der Waals surface area (Å²) < 4.78 is 4.71. The van der Waals surface area contributed by atoms with Gasteiger partial charge in [0.05, 0.1) is 11.5 Å². The summed E-state index contributed by atoms with van der Waals surface area (Å²) in [5, 5.41) is 18.9. The fourth-order valence-corrected chi connectivity index (χ4v) is 1.15. The zero-order valence-electron chi connectivity index (χ0n) is 6.52. The van der Waals surface area contributed by atoms with Crippen molar-refractivity contribution >= 4 is 11.0 Å². The van der Waals surface area contributed by atoms with E-state index in [9.17, 15) is 15.0 Å². The van der Waals surface area contributed by atoms with E-state index in [1.54, 1.807) is 12.1 Å². The predicted octanol–water partition coefficient (Wildman–Crippen LogP) is 1.20. The van der Waals surface area contributed by atoms with Gasteiger partial charge < -0.3 is 14.6 Å². The summed E-state index contributed by atoms with van der Waals surface area (Å²) in [6.45, 7) is 0. The van der Waals surface area contributed by atoms with E-state index in [-0.39, 0.29) is 17.1 Å². The number of aromatic hydroxyl groups is 2. The van der Waals surface area contributed by atoms with Gasteiger partial charge in [-0.15, -0.1) is 0 Å². The molecule has 13 heavy (non-hydrogen) atoms. The van der Waals surface area contributed by atoms with Gasteiger partial charge in [-0.3, -0.25) is 0 Å². The first kappa shape index (κ1) is 7.67. The van der Waals surface area contributed by atoms with Crippen molar-refractivity contribution in [1.29, 1.82) is 0 Å². The molecule has 2 rings (SSSR count). The third-order valence-corrected chi connectivity index (χ3v) is 1.73. The lowest BCUT2D eigenvalue weighted by Gasteiger charge is -1.99. The summed E-state index contributed by atoms with van der Waals surface area (Å²) in [5.41, 5.74) is -0.681. The van der Waals surface area contributed by atoms with Gasteiger partial charge in [-0.25, -0.2) is 4.79 Å². The average molecular weight is 178 g/mol. The Morgan fingerprint density at radius 3 is 2.69 bits per heavy atom. The number of phenolic OH excluding ortho intramolecular Hbond substituents is 1. The van der Waals surface area contributed by atoms with Gasteiger partial charge in [-0.2, -0.15) is 0 Å². The Morgan fingerprint density at radius 1 is 1.15 bits per heavy atom. The third kappa shape index (κ3) is 1.12. The highest BCUT2D eigenvalue weighted by Gasteiger charge is 2.06. The molecule has 0 atom stereocenters. The molecule has 0 saturated carbocycles. The molecular formula is C9H6O4. The van der Waals surface area contributed by atoms with Crippen LogP contribution in [0.5, 0.6) is 11.5 Å². The van der Waals surface area contributed by atoms with Crippen LogP contribution >= 0.6 is 0 Å². The second-order valence-corrected chi connectivity index (χ2v) is 2.60. The highest BCUT2D eigenvalue weighted by atomic mass is 16.4. The van der Waals surface area contributed by atoms with Crippen LogP contribution in [0.3, 0.4) is 0 Å². The molecule has 0 aliphatic carbocycles. The van der Waals surface area contributed by atoms with Crippen molar-refractivity contribution in [1.82, 2.24) is 0 Å². The van der Waals surface area contributed by atoms with Crippen molar-refractivity contribution in [3.8, 4) is 11.5 Å². The first-order valence-corrected chi connectivity index (χ1v) is 3.63. The number of rotatable bonds is 0. The van der Waals surface area contributed by atoms with Crippen molar-refractivity contribution in [3.63, 3.8) is 0 Å². The predicted molar refractivity (Wildman–Crippen MR) is 45.8 cm³/mol. The van der Waals surface area contributed by atoms with Crippen molar-refractivity contribution in [2.45, 2.75) is 0 Å². The molecule has 0 aliphatic heterocycles. The number of hydrogen-bond donors (Lipinski definition) is 2. The van der Waals surface area contributed by atoms with Crippen LogP contribution in [0.1, 0.15) is 0 Å². The minimum Gasteiger partial charge on any atom is -0.507 e. The normalized spacial score (nSPS) is 10.5. The van der Waals surface area contributed by atoms with Crippen LogP contribution in [0.15, 0.2) is 33.5 Å². The van der Waals surface area contributed by atoms with E-state index in [4.69, 9.17) is 4.42 Å². The third-order valence-electron chi connectivity index (χ3n) is 1.73. The molecule has 1 heterocycles. The zero-order chi connectivity index (χ0) is 9.42. The van der Waals surface area contributed by atoms with Crippen molar-refractivity contribution in [3.05, 3.63) is 34.7 Å². The largest absolute Gasteiger partial charge is 0.507 e. The SMILES string of the molecule is O=c1cc(O)c2cccc(O)c2o1. The lowest BCUT2D eigenvalue weighted by atomic mass is 10.2. The van der Waals surface area contributed by atoms with E-state index in [1.165, 1.54) is 6.07 Å². The van der Waals surface area contributed by atoms with E-state index in [0.717, 1.165) is 6.07 Å². The molecule has 1 aromatic carbocycles. The quantitative estimate of drug-likeness (QED) is 0.594. The maximum atomic E-state index is 10.8. The Bertz CT molecular complexity index is 512. The standard InChI is InChI=1S/C9H6O4/c10-6-3-1-2-5-7(11)4-8(12)13-9(5)6/h1-4,10-11H. The van der Waals surface area contributed by atoms with Crippen molar-refractivity contribution in [2.24, 2.45) is 0 Å². The summed E-state index contributed by atoms with van der Waals surface area (Å²) in [4.78, 5) is 10.8. The summed E-state index contributed by atoms with van der Waals surface area (Å²) in [6.07, 6.45) is 0. The number of benzene rings is 1. The number of fused-ring (bicyclic) bond motifs is 1. The molecule has 4 heteroatoms. The zero-order valence-corrected chi connectivity index (χ0v) is 6.52. The van der Waals surface area contributed by atoms with E-state index in [0.29, 0.717) is 5.39 Å². The smallest absolute Gasteiger partial charge is 0.340 e. The fourth-order valence-electron chi connectivity index (χ4n) is 1.15. The summed E-state index contributed by atoms with van der Waals surface area (Å²) in [6, 6.07) is 5.44.